The molecule has 1 heterocycles. The molecule has 1 saturated heterocycles. The van der Waals surface area contributed by atoms with Crippen LogP contribution in [0.25, 0.3) is 0 Å². The molecule has 1 aromatic rings. The number of morpholine rings is 1. The van der Waals surface area contributed by atoms with E-state index in [1.54, 1.807) is 19.2 Å². The van der Waals surface area contributed by atoms with Crippen LogP contribution < -0.4 is 4.90 Å². The molecule has 0 amide bonds. The van der Waals surface area contributed by atoms with Gasteiger partial charge in [0.15, 0.2) is 0 Å². The van der Waals surface area contributed by atoms with E-state index in [-0.39, 0.29) is 11.8 Å². The first-order valence-corrected chi connectivity index (χ1v) is 5.80. The van der Waals surface area contributed by atoms with E-state index < -0.39 is 4.92 Å². The second-order valence-electron chi connectivity index (χ2n) is 4.17. The fourth-order valence-electron chi connectivity index (χ4n) is 2.03. The van der Waals surface area contributed by atoms with Crippen LogP contribution in [0.5, 0.6) is 0 Å². The van der Waals surface area contributed by atoms with Crippen LogP contribution in [0.2, 0.25) is 0 Å². The lowest BCUT2D eigenvalue weighted by Gasteiger charge is -2.34. The minimum absolute atomic E-state index is 0.0546. The van der Waals surface area contributed by atoms with Gasteiger partial charge in [0.2, 0.25) is 0 Å². The van der Waals surface area contributed by atoms with E-state index in [2.05, 4.69) is 4.90 Å². The van der Waals surface area contributed by atoms with Crippen molar-refractivity contribution in [1.29, 1.82) is 0 Å². The summed E-state index contributed by atoms with van der Waals surface area (Å²) in [6.45, 7) is 2.73. The van der Waals surface area contributed by atoms with Crippen molar-refractivity contribution in [1.82, 2.24) is 0 Å². The molecule has 0 aliphatic carbocycles. The summed E-state index contributed by atoms with van der Waals surface area (Å²) < 4.78 is 10.6. The second-order valence-corrected chi connectivity index (χ2v) is 4.17. The van der Waals surface area contributed by atoms with Gasteiger partial charge in [0, 0.05) is 38.0 Å². The summed E-state index contributed by atoms with van der Waals surface area (Å²) in [7, 11) is 1.65. The van der Waals surface area contributed by atoms with Gasteiger partial charge in [-0.15, -0.1) is 0 Å². The Balaban J connectivity index is 2.04. The van der Waals surface area contributed by atoms with Crippen LogP contribution in [0.4, 0.5) is 11.4 Å². The smallest absolute Gasteiger partial charge is 0.269 e. The summed E-state index contributed by atoms with van der Waals surface area (Å²) in [5.41, 5.74) is 1.09. The molecule has 18 heavy (non-hydrogen) atoms. The normalized spacial score (nSPS) is 19.8. The topological polar surface area (TPSA) is 64.8 Å². The standard InChI is InChI=1S/C12H16N2O4/c1-17-9-12-8-13(6-7-18-12)10-2-4-11(5-3-10)14(15)16/h2-5,12H,6-9H2,1H3/t12-/m1/s1. The molecule has 0 spiro atoms. The highest BCUT2D eigenvalue weighted by molar-refractivity contribution is 5.51. The fraction of sp³-hybridized carbons (Fsp3) is 0.500. The number of nitro benzene ring substituents is 1. The number of anilines is 1. The highest BCUT2D eigenvalue weighted by Gasteiger charge is 2.20. The molecule has 0 N–H and O–H groups in total. The van der Waals surface area contributed by atoms with Crippen LogP contribution in [-0.2, 0) is 9.47 Å². The lowest BCUT2D eigenvalue weighted by atomic mass is 10.2. The van der Waals surface area contributed by atoms with Crippen LogP contribution in [0, 0.1) is 10.1 Å². The molecule has 0 saturated carbocycles. The maximum atomic E-state index is 10.6. The third kappa shape index (κ3) is 2.96. The van der Waals surface area contributed by atoms with E-state index in [9.17, 15) is 10.1 Å². The van der Waals surface area contributed by atoms with Gasteiger partial charge < -0.3 is 14.4 Å². The van der Waals surface area contributed by atoms with Crippen LogP contribution >= 0.6 is 0 Å². The predicted molar refractivity (Wildman–Crippen MR) is 66.9 cm³/mol. The third-order valence-corrected chi connectivity index (χ3v) is 2.92. The van der Waals surface area contributed by atoms with Gasteiger partial charge in [-0.3, -0.25) is 10.1 Å². The fourth-order valence-corrected chi connectivity index (χ4v) is 2.03. The van der Waals surface area contributed by atoms with Gasteiger partial charge >= 0.3 is 0 Å². The van der Waals surface area contributed by atoms with Gasteiger partial charge in [0.25, 0.3) is 5.69 Å². The van der Waals surface area contributed by atoms with Gasteiger partial charge in [-0.1, -0.05) is 0 Å². The largest absolute Gasteiger partial charge is 0.382 e. The summed E-state index contributed by atoms with van der Waals surface area (Å²) in [4.78, 5) is 12.3. The van der Waals surface area contributed by atoms with Gasteiger partial charge in [0.1, 0.15) is 0 Å². The minimum atomic E-state index is -0.392. The molecule has 1 atom stereocenters. The SMILES string of the molecule is COC[C@H]1CN(c2ccc([N+](=O)[O-])cc2)CCO1. The van der Waals surface area contributed by atoms with Gasteiger partial charge in [-0.05, 0) is 12.1 Å². The van der Waals surface area contributed by atoms with E-state index in [1.165, 1.54) is 12.1 Å². The Morgan fingerprint density at radius 3 is 2.83 bits per heavy atom. The van der Waals surface area contributed by atoms with Crippen LogP contribution in [0.1, 0.15) is 0 Å². The van der Waals surface area contributed by atoms with E-state index in [4.69, 9.17) is 9.47 Å². The summed E-state index contributed by atoms with van der Waals surface area (Å²) in [6, 6.07) is 6.59. The quantitative estimate of drug-likeness (QED) is 0.599. The molecular formula is C12H16N2O4. The average molecular weight is 252 g/mol. The number of rotatable bonds is 4. The molecule has 0 bridgehead atoms. The molecule has 1 aliphatic rings. The first-order chi connectivity index (χ1) is 8.70. The van der Waals surface area contributed by atoms with Crippen molar-refractivity contribution in [3.63, 3.8) is 0 Å². The van der Waals surface area contributed by atoms with Crippen molar-refractivity contribution in [2.75, 3.05) is 38.3 Å². The van der Waals surface area contributed by atoms with Gasteiger partial charge in [-0.2, -0.15) is 0 Å². The molecule has 1 aromatic carbocycles. The highest BCUT2D eigenvalue weighted by atomic mass is 16.6. The maximum Gasteiger partial charge on any atom is 0.269 e. The van der Waals surface area contributed by atoms with E-state index in [0.717, 1.165) is 18.8 Å². The van der Waals surface area contributed by atoms with E-state index in [1.807, 2.05) is 0 Å². The number of hydrogen-bond acceptors (Lipinski definition) is 5. The zero-order valence-electron chi connectivity index (χ0n) is 10.2. The third-order valence-electron chi connectivity index (χ3n) is 2.92. The zero-order chi connectivity index (χ0) is 13.0. The summed E-state index contributed by atoms with van der Waals surface area (Å²) in [5.74, 6) is 0. The molecule has 2 rings (SSSR count). The Bertz CT molecular complexity index is 405. The Hall–Kier alpha value is -1.66. The monoisotopic (exact) mass is 252 g/mol. The Labute approximate surface area is 105 Å². The van der Waals surface area contributed by atoms with Crippen LogP contribution in [0.15, 0.2) is 24.3 Å². The average Bonchev–Trinajstić information content (AvgIpc) is 2.39. The van der Waals surface area contributed by atoms with Crippen molar-refractivity contribution in [2.45, 2.75) is 6.10 Å². The zero-order valence-corrected chi connectivity index (χ0v) is 10.2. The van der Waals surface area contributed by atoms with Crippen LogP contribution in [-0.4, -0.2) is 44.4 Å². The number of hydrogen-bond donors (Lipinski definition) is 0. The number of nitrogens with zero attached hydrogens (tertiary/aromatic N) is 2. The number of ether oxygens (including phenoxy) is 2. The summed E-state index contributed by atoms with van der Waals surface area (Å²) >= 11 is 0. The van der Waals surface area contributed by atoms with Crippen molar-refractivity contribution in [3.05, 3.63) is 34.4 Å². The number of non-ortho nitro benzene ring substituents is 1. The molecule has 0 unspecified atom stereocenters. The molecule has 6 nitrogen and oxygen atoms in total. The highest BCUT2D eigenvalue weighted by Crippen LogP contribution is 2.21. The first kappa shape index (κ1) is 12.8. The van der Waals surface area contributed by atoms with E-state index in [0.29, 0.717) is 13.2 Å². The van der Waals surface area contributed by atoms with Gasteiger partial charge in [0.05, 0.1) is 24.2 Å². The lowest BCUT2D eigenvalue weighted by Crippen LogP contribution is -2.44. The number of methoxy groups -OCH3 is 1. The Kier molecular flexibility index (Phi) is 4.11. The predicted octanol–water partition coefficient (Wildman–Crippen LogP) is 1.45. The van der Waals surface area contributed by atoms with Crippen LogP contribution in [0.3, 0.4) is 0 Å². The number of benzene rings is 1. The molecule has 0 radical (unpaired) electrons. The van der Waals surface area contributed by atoms with Crippen molar-refractivity contribution < 1.29 is 14.4 Å². The van der Waals surface area contributed by atoms with Crippen molar-refractivity contribution >= 4 is 11.4 Å². The molecule has 0 aromatic heterocycles. The van der Waals surface area contributed by atoms with Gasteiger partial charge in [-0.25, -0.2) is 0 Å². The maximum absolute atomic E-state index is 10.6. The molecule has 1 aliphatic heterocycles. The summed E-state index contributed by atoms with van der Waals surface area (Å²) in [5, 5.41) is 10.6. The second kappa shape index (κ2) is 5.79. The molecular weight excluding hydrogens is 236 g/mol. The molecule has 98 valence electrons. The number of nitro groups is 1. The van der Waals surface area contributed by atoms with Crippen molar-refractivity contribution in [3.8, 4) is 0 Å². The van der Waals surface area contributed by atoms with Crippen molar-refractivity contribution in [2.24, 2.45) is 0 Å². The molecule has 6 heteroatoms. The summed E-state index contributed by atoms with van der Waals surface area (Å²) in [6.07, 6.45) is 0.0546. The first-order valence-electron chi connectivity index (χ1n) is 5.80. The van der Waals surface area contributed by atoms with E-state index >= 15 is 0 Å². The molecule has 1 fully saturated rings. The lowest BCUT2D eigenvalue weighted by molar-refractivity contribution is -0.384. The minimum Gasteiger partial charge on any atom is -0.382 e. The Morgan fingerprint density at radius 1 is 1.50 bits per heavy atom. The Morgan fingerprint density at radius 2 is 2.22 bits per heavy atom.